The molecule has 3 rings (SSSR count). The lowest BCUT2D eigenvalue weighted by Crippen LogP contribution is -2.07. The third-order valence-corrected chi connectivity index (χ3v) is 4.46. The number of pyridine rings is 1. The maximum absolute atomic E-state index is 6.51. The SMILES string of the molecule is CCCc1cc(-n2cc(-c3ccc(NCC(C)C)cc3Cl)cn2)ccn1. The Morgan fingerprint density at radius 1 is 1.19 bits per heavy atom. The van der Waals surface area contributed by atoms with E-state index >= 15 is 0 Å². The smallest absolute Gasteiger partial charge is 0.0679 e. The molecule has 0 bridgehead atoms. The van der Waals surface area contributed by atoms with E-state index in [-0.39, 0.29) is 0 Å². The topological polar surface area (TPSA) is 42.7 Å². The lowest BCUT2D eigenvalue weighted by atomic mass is 10.1. The summed E-state index contributed by atoms with van der Waals surface area (Å²) >= 11 is 6.51. The highest BCUT2D eigenvalue weighted by Gasteiger charge is 2.09. The fraction of sp³-hybridized carbons (Fsp3) is 0.333. The van der Waals surface area contributed by atoms with Crippen LogP contribution in [0, 0.1) is 5.92 Å². The molecule has 0 saturated carbocycles. The Balaban J connectivity index is 1.82. The molecule has 4 nitrogen and oxygen atoms in total. The molecule has 5 heteroatoms. The van der Waals surface area contributed by atoms with E-state index in [2.05, 4.69) is 48.3 Å². The van der Waals surface area contributed by atoms with Crippen molar-refractivity contribution >= 4 is 17.3 Å². The quantitative estimate of drug-likeness (QED) is 0.589. The van der Waals surface area contributed by atoms with Gasteiger partial charge in [0.2, 0.25) is 0 Å². The van der Waals surface area contributed by atoms with Crippen LogP contribution in [0.4, 0.5) is 5.69 Å². The van der Waals surface area contributed by atoms with Crippen molar-refractivity contribution in [1.29, 1.82) is 0 Å². The van der Waals surface area contributed by atoms with E-state index in [4.69, 9.17) is 11.6 Å². The summed E-state index contributed by atoms with van der Waals surface area (Å²) < 4.78 is 1.87. The van der Waals surface area contributed by atoms with Gasteiger partial charge in [0.05, 0.1) is 16.9 Å². The van der Waals surface area contributed by atoms with Gasteiger partial charge in [0.1, 0.15) is 0 Å². The second-order valence-electron chi connectivity index (χ2n) is 6.90. The third-order valence-electron chi connectivity index (χ3n) is 4.15. The first-order valence-electron chi connectivity index (χ1n) is 9.10. The monoisotopic (exact) mass is 368 g/mol. The van der Waals surface area contributed by atoms with Gasteiger partial charge in [-0.2, -0.15) is 5.10 Å². The highest BCUT2D eigenvalue weighted by atomic mass is 35.5. The lowest BCUT2D eigenvalue weighted by Gasteiger charge is -2.10. The van der Waals surface area contributed by atoms with Crippen LogP contribution in [0.5, 0.6) is 0 Å². The van der Waals surface area contributed by atoms with Crippen LogP contribution in [-0.4, -0.2) is 21.3 Å². The average molecular weight is 369 g/mol. The summed E-state index contributed by atoms with van der Waals surface area (Å²) in [5.74, 6) is 0.588. The van der Waals surface area contributed by atoms with Crippen LogP contribution in [0.3, 0.4) is 0 Å². The lowest BCUT2D eigenvalue weighted by molar-refractivity contribution is 0.689. The van der Waals surface area contributed by atoms with E-state index in [0.717, 1.165) is 52.6 Å². The van der Waals surface area contributed by atoms with E-state index < -0.39 is 0 Å². The number of aryl methyl sites for hydroxylation is 1. The van der Waals surface area contributed by atoms with Crippen molar-refractivity contribution in [1.82, 2.24) is 14.8 Å². The van der Waals surface area contributed by atoms with Gasteiger partial charge in [-0.3, -0.25) is 4.98 Å². The van der Waals surface area contributed by atoms with Crippen LogP contribution >= 0.6 is 11.6 Å². The molecule has 0 spiro atoms. The molecule has 0 aliphatic heterocycles. The largest absolute Gasteiger partial charge is 0.385 e. The number of hydrogen-bond acceptors (Lipinski definition) is 3. The molecule has 0 amide bonds. The normalized spacial score (nSPS) is 11.1. The Labute approximate surface area is 160 Å². The van der Waals surface area contributed by atoms with E-state index in [9.17, 15) is 0 Å². The number of nitrogens with zero attached hydrogens (tertiary/aromatic N) is 3. The second-order valence-corrected chi connectivity index (χ2v) is 7.31. The number of aromatic nitrogens is 3. The van der Waals surface area contributed by atoms with Gasteiger partial charge >= 0.3 is 0 Å². The van der Waals surface area contributed by atoms with Crippen molar-refractivity contribution in [3.05, 3.63) is 59.6 Å². The first kappa shape index (κ1) is 18.5. The average Bonchev–Trinajstić information content (AvgIpc) is 3.10. The van der Waals surface area contributed by atoms with E-state index in [0.29, 0.717) is 5.92 Å². The van der Waals surface area contributed by atoms with Gasteiger partial charge in [0.15, 0.2) is 0 Å². The molecule has 0 unspecified atom stereocenters. The summed E-state index contributed by atoms with van der Waals surface area (Å²) in [6.45, 7) is 7.45. The van der Waals surface area contributed by atoms with Crippen molar-refractivity contribution < 1.29 is 0 Å². The molecule has 26 heavy (non-hydrogen) atoms. The Bertz CT molecular complexity index is 870. The number of benzene rings is 1. The number of halogens is 1. The Hall–Kier alpha value is -2.33. The zero-order chi connectivity index (χ0) is 18.5. The molecule has 0 saturated heterocycles. The highest BCUT2D eigenvalue weighted by molar-refractivity contribution is 6.33. The molecule has 0 fully saturated rings. The van der Waals surface area contributed by atoms with Crippen molar-refractivity contribution in [2.24, 2.45) is 5.92 Å². The second kappa shape index (κ2) is 8.37. The summed E-state index contributed by atoms with van der Waals surface area (Å²) in [7, 11) is 0. The first-order valence-corrected chi connectivity index (χ1v) is 9.48. The van der Waals surface area contributed by atoms with Crippen LogP contribution < -0.4 is 5.32 Å². The molecular weight excluding hydrogens is 344 g/mol. The molecule has 136 valence electrons. The maximum atomic E-state index is 6.51. The van der Waals surface area contributed by atoms with Crippen molar-refractivity contribution in [3.8, 4) is 16.8 Å². The van der Waals surface area contributed by atoms with Gasteiger partial charge < -0.3 is 5.32 Å². The van der Waals surface area contributed by atoms with Crippen LogP contribution in [0.1, 0.15) is 32.9 Å². The summed E-state index contributed by atoms with van der Waals surface area (Å²) in [6.07, 6.45) is 7.74. The van der Waals surface area contributed by atoms with E-state index in [1.807, 2.05) is 41.5 Å². The third kappa shape index (κ3) is 4.44. The van der Waals surface area contributed by atoms with Gasteiger partial charge in [-0.1, -0.05) is 44.9 Å². The minimum absolute atomic E-state index is 0.588. The first-order chi connectivity index (χ1) is 12.6. The number of nitrogens with one attached hydrogen (secondary N) is 1. The Kier molecular flexibility index (Phi) is 5.94. The van der Waals surface area contributed by atoms with Gasteiger partial charge in [-0.15, -0.1) is 0 Å². The predicted molar refractivity (Wildman–Crippen MR) is 109 cm³/mol. The maximum Gasteiger partial charge on any atom is 0.0679 e. The molecule has 1 N–H and O–H groups in total. The molecule has 0 aliphatic carbocycles. The minimum Gasteiger partial charge on any atom is -0.385 e. The van der Waals surface area contributed by atoms with Gasteiger partial charge in [-0.25, -0.2) is 4.68 Å². The number of hydrogen-bond donors (Lipinski definition) is 1. The molecule has 2 aromatic heterocycles. The highest BCUT2D eigenvalue weighted by Crippen LogP contribution is 2.30. The zero-order valence-corrected chi connectivity index (χ0v) is 16.3. The van der Waals surface area contributed by atoms with Crippen molar-refractivity contribution in [2.75, 3.05) is 11.9 Å². The fourth-order valence-corrected chi connectivity index (χ4v) is 3.07. The van der Waals surface area contributed by atoms with Crippen molar-refractivity contribution in [2.45, 2.75) is 33.6 Å². The van der Waals surface area contributed by atoms with Gasteiger partial charge in [0.25, 0.3) is 0 Å². The zero-order valence-electron chi connectivity index (χ0n) is 15.5. The summed E-state index contributed by atoms with van der Waals surface area (Å²) in [6, 6.07) is 10.1. The summed E-state index contributed by atoms with van der Waals surface area (Å²) in [5.41, 5.74) is 5.12. The molecular formula is C21H25ClN4. The molecule has 0 aliphatic rings. The van der Waals surface area contributed by atoms with E-state index in [1.165, 1.54) is 0 Å². The Morgan fingerprint density at radius 3 is 2.77 bits per heavy atom. The van der Waals surface area contributed by atoms with Crippen LogP contribution in [0.15, 0.2) is 48.9 Å². The van der Waals surface area contributed by atoms with Gasteiger partial charge in [0, 0.05) is 41.4 Å². The minimum atomic E-state index is 0.588. The fourth-order valence-electron chi connectivity index (χ4n) is 2.79. The molecule has 1 aromatic carbocycles. The van der Waals surface area contributed by atoms with Gasteiger partial charge in [-0.05, 0) is 36.6 Å². The standard InChI is InChI=1S/C21H25ClN4/c1-4-5-17-10-19(8-9-23-17)26-14-16(13-25-26)20-7-6-18(11-21(20)22)24-12-15(2)3/h6-11,13-15,24H,4-5,12H2,1-3H3. The summed E-state index contributed by atoms with van der Waals surface area (Å²) in [5, 5.41) is 8.62. The van der Waals surface area contributed by atoms with Crippen LogP contribution in [0.2, 0.25) is 5.02 Å². The molecule has 2 heterocycles. The number of rotatable bonds is 7. The van der Waals surface area contributed by atoms with Crippen LogP contribution in [0.25, 0.3) is 16.8 Å². The molecule has 3 aromatic rings. The Morgan fingerprint density at radius 2 is 2.04 bits per heavy atom. The van der Waals surface area contributed by atoms with E-state index in [1.54, 1.807) is 0 Å². The van der Waals surface area contributed by atoms with Crippen LogP contribution in [-0.2, 0) is 6.42 Å². The molecule has 0 radical (unpaired) electrons. The van der Waals surface area contributed by atoms with Crippen molar-refractivity contribution in [3.63, 3.8) is 0 Å². The number of anilines is 1. The summed E-state index contributed by atoms with van der Waals surface area (Å²) in [4.78, 5) is 4.40. The molecule has 0 atom stereocenters. The predicted octanol–water partition coefficient (Wildman–Crippen LogP) is 5.61.